The zero-order chi connectivity index (χ0) is 22.8. The van der Waals surface area contributed by atoms with Crippen molar-refractivity contribution in [3.05, 3.63) is 105 Å². The Balaban J connectivity index is 1.53. The summed E-state index contributed by atoms with van der Waals surface area (Å²) in [6.45, 7) is 1.79. The molecule has 0 aliphatic carbocycles. The van der Waals surface area contributed by atoms with Gasteiger partial charge >= 0.3 is 0 Å². The van der Waals surface area contributed by atoms with Crippen LogP contribution in [-0.2, 0) is 6.42 Å². The minimum atomic E-state index is -0.528. The van der Waals surface area contributed by atoms with Crippen LogP contribution in [0.1, 0.15) is 42.2 Å². The standard InChI is InChI=1S/C24H19N3O5/c1-15-20(8-5-9-21(15)27(31)32)25-22(28)17-10-11-18-19(14-17)24(30)26(23(18)29)13-12-16-6-3-2-4-7-16/h2-11,14H,12-13H2,1H3,(H,25,28). The van der Waals surface area contributed by atoms with Crippen LogP contribution in [0.25, 0.3) is 0 Å². The fourth-order valence-electron chi connectivity index (χ4n) is 3.67. The van der Waals surface area contributed by atoms with Crippen LogP contribution in [0.2, 0.25) is 0 Å². The van der Waals surface area contributed by atoms with Crippen molar-refractivity contribution in [3.63, 3.8) is 0 Å². The van der Waals surface area contributed by atoms with Crippen molar-refractivity contribution < 1.29 is 19.3 Å². The number of fused-ring (bicyclic) bond motifs is 1. The van der Waals surface area contributed by atoms with E-state index < -0.39 is 16.7 Å². The van der Waals surface area contributed by atoms with E-state index >= 15 is 0 Å². The summed E-state index contributed by atoms with van der Waals surface area (Å²) in [5.74, 6) is -1.36. The molecule has 0 fully saturated rings. The molecule has 0 aromatic heterocycles. The van der Waals surface area contributed by atoms with Gasteiger partial charge < -0.3 is 5.32 Å². The highest BCUT2D eigenvalue weighted by Crippen LogP contribution is 2.27. The van der Waals surface area contributed by atoms with Gasteiger partial charge in [0.15, 0.2) is 0 Å². The maximum Gasteiger partial charge on any atom is 0.274 e. The van der Waals surface area contributed by atoms with E-state index in [1.165, 1.54) is 35.2 Å². The van der Waals surface area contributed by atoms with Crippen molar-refractivity contribution in [2.75, 3.05) is 11.9 Å². The van der Waals surface area contributed by atoms with E-state index in [0.29, 0.717) is 17.7 Å². The fourth-order valence-corrected chi connectivity index (χ4v) is 3.67. The molecule has 0 spiro atoms. The first kappa shape index (κ1) is 20.9. The van der Waals surface area contributed by atoms with E-state index in [-0.39, 0.29) is 34.8 Å². The number of carbonyl (C=O) groups is 3. The molecule has 32 heavy (non-hydrogen) atoms. The number of hydrogen-bond donors (Lipinski definition) is 1. The van der Waals surface area contributed by atoms with E-state index in [0.717, 1.165) is 5.56 Å². The Morgan fingerprint density at radius 3 is 2.41 bits per heavy atom. The summed E-state index contributed by atoms with van der Waals surface area (Å²) >= 11 is 0. The third kappa shape index (κ3) is 3.85. The average molecular weight is 429 g/mol. The summed E-state index contributed by atoms with van der Waals surface area (Å²) < 4.78 is 0. The smallest absolute Gasteiger partial charge is 0.274 e. The molecule has 0 atom stereocenters. The maximum absolute atomic E-state index is 12.8. The van der Waals surface area contributed by atoms with Crippen LogP contribution in [-0.4, -0.2) is 34.1 Å². The molecule has 8 heteroatoms. The van der Waals surface area contributed by atoms with Crippen LogP contribution in [0.5, 0.6) is 0 Å². The number of imide groups is 1. The van der Waals surface area contributed by atoms with Gasteiger partial charge in [0.05, 0.1) is 27.3 Å². The first-order valence-corrected chi connectivity index (χ1v) is 9.96. The Hall–Kier alpha value is -4.33. The third-order valence-corrected chi connectivity index (χ3v) is 5.45. The predicted octanol–water partition coefficient (Wildman–Crippen LogP) is 3.99. The predicted molar refractivity (Wildman–Crippen MR) is 118 cm³/mol. The van der Waals surface area contributed by atoms with Crippen molar-refractivity contribution in [1.82, 2.24) is 4.90 Å². The third-order valence-electron chi connectivity index (χ3n) is 5.45. The molecular weight excluding hydrogens is 410 g/mol. The van der Waals surface area contributed by atoms with Crippen molar-refractivity contribution >= 4 is 29.1 Å². The highest BCUT2D eigenvalue weighted by atomic mass is 16.6. The van der Waals surface area contributed by atoms with Gasteiger partial charge in [0.2, 0.25) is 0 Å². The van der Waals surface area contributed by atoms with Gasteiger partial charge in [-0.05, 0) is 43.2 Å². The largest absolute Gasteiger partial charge is 0.321 e. The molecule has 160 valence electrons. The second-order valence-electron chi connectivity index (χ2n) is 7.42. The molecule has 0 unspecified atom stereocenters. The highest BCUT2D eigenvalue weighted by molar-refractivity contribution is 6.22. The zero-order valence-corrected chi connectivity index (χ0v) is 17.2. The molecule has 0 radical (unpaired) electrons. The van der Waals surface area contributed by atoms with E-state index in [2.05, 4.69) is 5.32 Å². The number of hydrogen-bond acceptors (Lipinski definition) is 5. The highest BCUT2D eigenvalue weighted by Gasteiger charge is 2.35. The Morgan fingerprint density at radius 1 is 0.969 bits per heavy atom. The van der Waals surface area contributed by atoms with Crippen molar-refractivity contribution in [2.24, 2.45) is 0 Å². The lowest BCUT2D eigenvalue weighted by atomic mass is 10.0. The van der Waals surface area contributed by atoms with Gasteiger partial charge in [-0.2, -0.15) is 0 Å². The number of carbonyl (C=O) groups excluding carboxylic acids is 3. The monoisotopic (exact) mass is 429 g/mol. The molecular formula is C24H19N3O5. The van der Waals surface area contributed by atoms with Gasteiger partial charge in [-0.3, -0.25) is 29.4 Å². The number of anilines is 1. The lowest BCUT2D eigenvalue weighted by Gasteiger charge is -2.13. The summed E-state index contributed by atoms with van der Waals surface area (Å²) in [6.07, 6.45) is 0.533. The molecule has 1 aliphatic rings. The molecule has 1 N–H and O–H groups in total. The molecule has 3 amide bonds. The minimum absolute atomic E-state index is 0.105. The molecule has 3 aromatic carbocycles. The minimum Gasteiger partial charge on any atom is -0.321 e. The van der Waals surface area contributed by atoms with Crippen LogP contribution in [0.15, 0.2) is 66.7 Å². The summed E-state index contributed by atoms with van der Waals surface area (Å²) in [5, 5.41) is 13.8. The van der Waals surface area contributed by atoms with Gasteiger partial charge in [0.25, 0.3) is 23.4 Å². The number of benzene rings is 3. The fraction of sp³-hybridized carbons (Fsp3) is 0.125. The molecule has 0 saturated carbocycles. The lowest BCUT2D eigenvalue weighted by molar-refractivity contribution is -0.385. The normalized spacial score (nSPS) is 12.6. The topological polar surface area (TPSA) is 110 Å². The number of rotatable bonds is 6. The van der Waals surface area contributed by atoms with Crippen LogP contribution in [0.3, 0.4) is 0 Å². The van der Waals surface area contributed by atoms with Crippen molar-refractivity contribution in [1.29, 1.82) is 0 Å². The Bertz CT molecular complexity index is 1250. The van der Waals surface area contributed by atoms with Gasteiger partial charge in [-0.1, -0.05) is 36.4 Å². The number of nitrogens with one attached hydrogen (secondary N) is 1. The average Bonchev–Trinajstić information content (AvgIpc) is 3.03. The van der Waals surface area contributed by atoms with Crippen LogP contribution in [0.4, 0.5) is 11.4 Å². The number of nitro groups is 1. The number of nitrogens with zero attached hydrogens (tertiary/aromatic N) is 2. The zero-order valence-electron chi connectivity index (χ0n) is 17.2. The number of amides is 3. The van der Waals surface area contributed by atoms with E-state index in [1.54, 1.807) is 13.0 Å². The van der Waals surface area contributed by atoms with Crippen LogP contribution < -0.4 is 5.32 Å². The first-order valence-electron chi connectivity index (χ1n) is 9.96. The van der Waals surface area contributed by atoms with Gasteiger partial charge in [-0.15, -0.1) is 0 Å². The molecule has 0 bridgehead atoms. The summed E-state index contributed by atoms with van der Waals surface area (Å²) in [4.78, 5) is 50.0. The van der Waals surface area contributed by atoms with Gasteiger partial charge in [0, 0.05) is 18.2 Å². The second kappa shape index (κ2) is 8.43. The van der Waals surface area contributed by atoms with E-state index in [4.69, 9.17) is 0 Å². The lowest BCUT2D eigenvalue weighted by Crippen LogP contribution is -2.31. The molecule has 3 aromatic rings. The summed E-state index contributed by atoms with van der Waals surface area (Å²) in [5.41, 5.74) is 2.14. The molecule has 8 nitrogen and oxygen atoms in total. The Morgan fingerprint density at radius 2 is 1.69 bits per heavy atom. The van der Waals surface area contributed by atoms with E-state index in [9.17, 15) is 24.5 Å². The summed E-state index contributed by atoms with van der Waals surface area (Å²) in [6, 6.07) is 18.3. The van der Waals surface area contributed by atoms with Crippen molar-refractivity contribution in [3.8, 4) is 0 Å². The maximum atomic E-state index is 12.8. The van der Waals surface area contributed by atoms with Gasteiger partial charge in [0.1, 0.15) is 0 Å². The van der Waals surface area contributed by atoms with Crippen molar-refractivity contribution in [2.45, 2.75) is 13.3 Å². The van der Waals surface area contributed by atoms with Gasteiger partial charge in [-0.25, -0.2) is 0 Å². The molecule has 0 saturated heterocycles. The van der Waals surface area contributed by atoms with E-state index in [1.807, 2.05) is 30.3 Å². The van der Waals surface area contributed by atoms with Crippen LogP contribution in [0, 0.1) is 17.0 Å². The number of nitro benzene ring substituents is 1. The SMILES string of the molecule is Cc1c(NC(=O)c2ccc3c(c2)C(=O)N(CCc2ccccc2)C3=O)cccc1[N+](=O)[O-]. The molecule has 1 aliphatic heterocycles. The first-order chi connectivity index (χ1) is 15.4. The Labute approximate surface area is 183 Å². The Kier molecular flexibility index (Phi) is 5.51. The quantitative estimate of drug-likeness (QED) is 0.362. The molecule has 4 rings (SSSR count). The van der Waals surface area contributed by atoms with Crippen LogP contribution >= 0.6 is 0 Å². The summed E-state index contributed by atoms with van der Waals surface area (Å²) in [7, 11) is 0. The second-order valence-corrected chi connectivity index (χ2v) is 7.42. The molecule has 1 heterocycles.